The third kappa shape index (κ3) is 4.09. The van der Waals surface area contributed by atoms with Crippen molar-refractivity contribution >= 4 is 23.1 Å². The topological polar surface area (TPSA) is 75.8 Å². The van der Waals surface area contributed by atoms with Crippen LogP contribution in [0.4, 0.5) is 0 Å². The van der Waals surface area contributed by atoms with Crippen LogP contribution in [0.3, 0.4) is 0 Å². The maximum Gasteiger partial charge on any atom is 0.257 e. The molecule has 0 heterocycles. The first-order valence-corrected chi connectivity index (χ1v) is 6.74. The van der Waals surface area contributed by atoms with E-state index >= 15 is 0 Å². The second kappa shape index (κ2) is 7.09. The molecule has 0 fully saturated rings. The van der Waals surface area contributed by atoms with Gasteiger partial charge in [0, 0.05) is 19.0 Å². The van der Waals surface area contributed by atoms with E-state index in [4.69, 9.17) is 22.7 Å². The SMILES string of the molecule is COc1ccc(O)c(C(=O)N(CCC(N)=S)C(C)C)c1. The molecule has 0 atom stereocenters. The number of benzene rings is 1. The molecule has 0 saturated heterocycles. The second-order valence-electron chi connectivity index (χ2n) is 4.69. The Morgan fingerprint density at radius 3 is 2.65 bits per heavy atom. The fourth-order valence-electron chi connectivity index (χ4n) is 1.79. The number of aromatic hydroxyl groups is 1. The maximum absolute atomic E-state index is 12.5. The second-order valence-corrected chi connectivity index (χ2v) is 5.22. The number of thiocarbonyl (C=S) groups is 1. The summed E-state index contributed by atoms with van der Waals surface area (Å²) < 4.78 is 5.08. The lowest BCUT2D eigenvalue weighted by Gasteiger charge is -2.27. The van der Waals surface area contributed by atoms with Gasteiger partial charge in [-0.3, -0.25) is 4.79 Å². The molecule has 0 radical (unpaired) electrons. The molecule has 0 aliphatic rings. The molecule has 1 aromatic rings. The molecule has 0 aliphatic heterocycles. The van der Waals surface area contributed by atoms with Crippen LogP contribution in [0.5, 0.6) is 11.5 Å². The zero-order valence-corrected chi connectivity index (χ0v) is 12.7. The number of methoxy groups -OCH3 is 1. The van der Waals surface area contributed by atoms with E-state index in [9.17, 15) is 9.90 Å². The van der Waals surface area contributed by atoms with Gasteiger partial charge in [-0.25, -0.2) is 0 Å². The Balaban J connectivity index is 3.02. The summed E-state index contributed by atoms with van der Waals surface area (Å²) in [7, 11) is 1.51. The van der Waals surface area contributed by atoms with Crippen molar-refractivity contribution in [3.05, 3.63) is 23.8 Å². The zero-order chi connectivity index (χ0) is 15.3. The monoisotopic (exact) mass is 296 g/mol. The van der Waals surface area contributed by atoms with E-state index in [0.717, 1.165) is 0 Å². The van der Waals surface area contributed by atoms with E-state index in [1.54, 1.807) is 11.0 Å². The molecule has 0 spiro atoms. The van der Waals surface area contributed by atoms with Gasteiger partial charge in [0.05, 0.1) is 17.7 Å². The predicted molar refractivity (Wildman–Crippen MR) is 82.2 cm³/mol. The van der Waals surface area contributed by atoms with Gasteiger partial charge in [-0.2, -0.15) is 0 Å². The number of amides is 1. The number of rotatable bonds is 6. The summed E-state index contributed by atoms with van der Waals surface area (Å²) >= 11 is 4.84. The average molecular weight is 296 g/mol. The first-order chi connectivity index (χ1) is 9.36. The summed E-state index contributed by atoms with van der Waals surface area (Å²) in [6.45, 7) is 4.21. The van der Waals surface area contributed by atoms with E-state index in [2.05, 4.69) is 0 Å². The van der Waals surface area contributed by atoms with Crippen LogP contribution in [0, 0.1) is 0 Å². The Bertz CT molecular complexity index is 503. The molecule has 1 aromatic carbocycles. The highest BCUT2D eigenvalue weighted by molar-refractivity contribution is 7.80. The number of carbonyl (C=O) groups excluding carboxylic acids is 1. The highest BCUT2D eigenvalue weighted by Gasteiger charge is 2.22. The predicted octanol–water partition coefficient (Wildman–Crippen LogP) is 1.93. The fraction of sp³-hybridized carbons (Fsp3) is 0.429. The number of ether oxygens (including phenoxy) is 1. The quantitative estimate of drug-likeness (QED) is 0.785. The van der Waals surface area contributed by atoms with E-state index in [-0.39, 0.29) is 23.3 Å². The Kier molecular flexibility index (Phi) is 5.76. The van der Waals surface area contributed by atoms with Gasteiger partial charge in [0.1, 0.15) is 11.5 Å². The molecule has 3 N–H and O–H groups in total. The minimum Gasteiger partial charge on any atom is -0.507 e. The van der Waals surface area contributed by atoms with Crippen molar-refractivity contribution in [2.75, 3.05) is 13.7 Å². The van der Waals surface area contributed by atoms with Crippen molar-refractivity contribution in [2.45, 2.75) is 26.3 Å². The summed E-state index contributed by atoms with van der Waals surface area (Å²) in [5.74, 6) is 0.175. The Morgan fingerprint density at radius 1 is 1.50 bits per heavy atom. The van der Waals surface area contributed by atoms with Crippen LogP contribution in [-0.2, 0) is 0 Å². The van der Waals surface area contributed by atoms with Crippen LogP contribution in [0.25, 0.3) is 0 Å². The van der Waals surface area contributed by atoms with Gasteiger partial charge in [-0.05, 0) is 32.0 Å². The molecule has 0 unspecified atom stereocenters. The fourth-order valence-corrected chi connectivity index (χ4v) is 1.88. The van der Waals surface area contributed by atoms with Gasteiger partial charge >= 0.3 is 0 Å². The van der Waals surface area contributed by atoms with Crippen molar-refractivity contribution in [3.63, 3.8) is 0 Å². The Hall–Kier alpha value is -1.82. The zero-order valence-electron chi connectivity index (χ0n) is 11.9. The maximum atomic E-state index is 12.5. The number of hydrogen-bond donors (Lipinski definition) is 2. The number of phenolic OH excluding ortho intramolecular Hbond substituents is 1. The number of hydrogen-bond acceptors (Lipinski definition) is 4. The van der Waals surface area contributed by atoms with Gasteiger partial charge < -0.3 is 20.5 Å². The van der Waals surface area contributed by atoms with Crippen LogP contribution in [0.15, 0.2) is 18.2 Å². The van der Waals surface area contributed by atoms with Crippen molar-refractivity contribution < 1.29 is 14.6 Å². The smallest absolute Gasteiger partial charge is 0.257 e. The average Bonchev–Trinajstić information content (AvgIpc) is 2.38. The largest absolute Gasteiger partial charge is 0.507 e. The highest BCUT2D eigenvalue weighted by Crippen LogP contribution is 2.25. The van der Waals surface area contributed by atoms with Gasteiger partial charge in [0.2, 0.25) is 0 Å². The van der Waals surface area contributed by atoms with Crippen molar-refractivity contribution in [2.24, 2.45) is 5.73 Å². The number of phenols is 1. The van der Waals surface area contributed by atoms with Crippen LogP contribution in [0.2, 0.25) is 0 Å². The van der Waals surface area contributed by atoms with Crippen molar-refractivity contribution in [1.29, 1.82) is 0 Å². The molecule has 1 rings (SSSR count). The van der Waals surface area contributed by atoms with Crippen LogP contribution >= 0.6 is 12.2 Å². The highest BCUT2D eigenvalue weighted by atomic mass is 32.1. The first kappa shape index (κ1) is 16.2. The lowest BCUT2D eigenvalue weighted by atomic mass is 10.1. The number of nitrogens with two attached hydrogens (primary N) is 1. The van der Waals surface area contributed by atoms with Gasteiger partial charge in [-0.15, -0.1) is 0 Å². The van der Waals surface area contributed by atoms with Gasteiger partial charge in [-0.1, -0.05) is 12.2 Å². The molecule has 5 nitrogen and oxygen atoms in total. The Labute approximate surface area is 124 Å². The van der Waals surface area contributed by atoms with Gasteiger partial charge in [0.25, 0.3) is 5.91 Å². The molecule has 0 bridgehead atoms. The van der Waals surface area contributed by atoms with Crippen LogP contribution < -0.4 is 10.5 Å². The lowest BCUT2D eigenvalue weighted by Crippen LogP contribution is -2.39. The van der Waals surface area contributed by atoms with E-state index < -0.39 is 0 Å². The molecular formula is C14H20N2O3S. The summed E-state index contributed by atoms with van der Waals surface area (Å²) in [4.78, 5) is 14.5. The Morgan fingerprint density at radius 2 is 2.15 bits per heavy atom. The molecular weight excluding hydrogens is 276 g/mol. The number of nitrogens with zero attached hydrogens (tertiary/aromatic N) is 1. The van der Waals surface area contributed by atoms with E-state index in [1.165, 1.54) is 19.2 Å². The molecule has 20 heavy (non-hydrogen) atoms. The molecule has 0 aliphatic carbocycles. The van der Waals surface area contributed by atoms with Crippen LogP contribution in [0.1, 0.15) is 30.6 Å². The molecule has 0 saturated carbocycles. The molecule has 1 amide bonds. The summed E-state index contributed by atoms with van der Waals surface area (Å²) in [5, 5.41) is 9.86. The number of carbonyl (C=O) groups is 1. The van der Waals surface area contributed by atoms with Crippen LogP contribution in [-0.4, -0.2) is 40.6 Å². The molecule has 110 valence electrons. The summed E-state index contributed by atoms with van der Waals surface area (Å²) in [6, 6.07) is 4.54. The lowest BCUT2D eigenvalue weighted by molar-refractivity contribution is 0.0708. The van der Waals surface area contributed by atoms with Crippen molar-refractivity contribution in [1.82, 2.24) is 4.90 Å². The van der Waals surface area contributed by atoms with E-state index in [1.807, 2.05) is 13.8 Å². The third-order valence-electron chi connectivity index (χ3n) is 2.92. The molecule has 0 aromatic heterocycles. The normalized spacial score (nSPS) is 10.4. The summed E-state index contributed by atoms with van der Waals surface area (Å²) in [5.41, 5.74) is 5.69. The minimum absolute atomic E-state index is 0.0255. The first-order valence-electron chi connectivity index (χ1n) is 6.33. The molecule has 6 heteroatoms. The standard InChI is InChI=1S/C14H20N2O3S/c1-9(2)16(7-6-13(15)20)14(18)11-8-10(19-3)4-5-12(11)17/h4-5,8-9,17H,6-7H2,1-3H3,(H2,15,20). The minimum atomic E-state index is -0.271. The van der Waals surface area contributed by atoms with Crippen molar-refractivity contribution in [3.8, 4) is 11.5 Å². The van der Waals surface area contributed by atoms with E-state index in [0.29, 0.717) is 23.7 Å². The van der Waals surface area contributed by atoms with Gasteiger partial charge in [0.15, 0.2) is 0 Å². The summed E-state index contributed by atoms with van der Waals surface area (Å²) in [6.07, 6.45) is 0.448. The third-order valence-corrected chi connectivity index (χ3v) is 3.12.